The number of aromatic nitrogens is 2. The number of rotatable bonds is 4. The lowest BCUT2D eigenvalue weighted by molar-refractivity contribution is 0.389. The van der Waals surface area contributed by atoms with Crippen LogP contribution in [-0.2, 0) is 6.54 Å². The molecular formula is C11H20N4. The van der Waals surface area contributed by atoms with Crippen LogP contribution in [0.1, 0.15) is 30.0 Å². The van der Waals surface area contributed by atoms with E-state index in [1.54, 1.807) is 0 Å². The second kappa shape index (κ2) is 5.19. The smallest absolute Gasteiger partial charge is 0.142 e. The van der Waals surface area contributed by atoms with Crippen LogP contribution < -0.4 is 5.32 Å². The summed E-state index contributed by atoms with van der Waals surface area (Å²) in [5.74, 6) is 0.879. The Morgan fingerprint density at radius 1 is 1.47 bits per heavy atom. The Kier molecular flexibility index (Phi) is 4.17. The van der Waals surface area contributed by atoms with Crippen LogP contribution in [0, 0.1) is 6.92 Å². The topological polar surface area (TPSA) is 41.1 Å². The van der Waals surface area contributed by atoms with Crippen LogP contribution in [0.2, 0.25) is 0 Å². The molecule has 0 aliphatic heterocycles. The van der Waals surface area contributed by atoms with Crippen LogP contribution in [-0.4, -0.2) is 36.0 Å². The van der Waals surface area contributed by atoms with Gasteiger partial charge in [0.2, 0.25) is 0 Å². The fourth-order valence-corrected chi connectivity index (χ4v) is 1.46. The zero-order valence-corrected chi connectivity index (χ0v) is 10.2. The zero-order valence-electron chi connectivity index (χ0n) is 10.2. The van der Waals surface area contributed by atoms with E-state index in [9.17, 15) is 0 Å². The second-order valence-electron chi connectivity index (χ2n) is 4.08. The Morgan fingerprint density at radius 3 is 2.60 bits per heavy atom. The number of nitrogens with zero attached hydrogens (tertiary/aromatic N) is 3. The lowest BCUT2D eigenvalue weighted by atomic mass is 10.1. The minimum atomic E-state index is 0.304. The number of hydrogen-bond donors (Lipinski definition) is 1. The quantitative estimate of drug-likeness (QED) is 0.805. The lowest BCUT2D eigenvalue weighted by Crippen LogP contribution is -2.17. The van der Waals surface area contributed by atoms with Gasteiger partial charge in [0.05, 0.1) is 6.54 Å². The van der Waals surface area contributed by atoms with E-state index in [0.29, 0.717) is 6.04 Å². The van der Waals surface area contributed by atoms with Crippen molar-refractivity contribution < 1.29 is 0 Å². The minimum absolute atomic E-state index is 0.304. The van der Waals surface area contributed by atoms with Crippen molar-refractivity contribution in [3.05, 3.63) is 23.3 Å². The summed E-state index contributed by atoms with van der Waals surface area (Å²) in [5, 5.41) is 3.19. The molecule has 1 aromatic heterocycles. The van der Waals surface area contributed by atoms with Gasteiger partial charge < -0.3 is 10.2 Å². The fourth-order valence-electron chi connectivity index (χ4n) is 1.46. The molecule has 0 fully saturated rings. The first-order chi connectivity index (χ1) is 7.04. The molecule has 0 amide bonds. The Labute approximate surface area is 91.7 Å². The highest BCUT2D eigenvalue weighted by Gasteiger charge is 2.09. The van der Waals surface area contributed by atoms with E-state index in [1.807, 2.05) is 34.3 Å². The molecule has 84 valence electrons. The molecule has 0 bridgehead atoms. The van der Waals surface area contributed by atoms with Crippen molar-refractivity contribution in [1.82, 2.24) is 20.2 Å². The second-order valence-corrected chi connectivity index (χ2v) is 4.08. The molecule has 1 N–H and O–H groups in total. The van der Waals surface area contributed by atoms with Gasteiger partial charge in [-0.2, -0.15) is 0 Å². The molecule has 0 aliphatic carbocycles. The van der Waals surface area contributed by atoms with E-state index in [4.69, 9.17) is 0 Å². The van der Waals surface area contributed by atoms with Gasteiger partial charge in [0.15, 0.2) is 0 Å². The highest BCUT2D eigenvalue weighted by Crippen LogP contribution is 2.14. The first-order valence-electron chi connectivity index (χ1n) is 5.19. The molecule has 0 radical (unpaired) electrons. The summed E-state index contributed by atoms with van der Waals surface area (Å²) in [6.45, 7) is 4.93. The van der Waals surface area contributed by atoms with Gasteiger partial charge in [-0.05, 0) is 35.0 Å². The molecule has 1 unspecified atom stereocenters. The van der Waals surface area contributed by atoms with Crippen molar-refractivity contribution in [2.24, 2.45) is 0 Å². The van der Waals surface area contributed by atoms with Crippen molar-refractivity contribution >= 4 is 0 Å². The van der Waals surface area contributed by atoms with Gasteiger partial charge in [-0.25, -0.2) is 9.97 Å². The van der Waals surface area contributed by atoms with Crippen molar-refractivity contribution in [3.63, 3.8) is 0 Å². The van der Waals surface area contributed by atoms with Crippen LogP contribution in [0.4, 0.5) is 0 Å². The van der Waals surface area contributed by atoms with Crippen molar-refractivity contribution in [2.75, 3.05) is 21.1 Å². The molecule has 1 heterocycles. The molecule has 1 aromatic rings. The van der Waals surface area contributed by atoms with E-state index < -0.39 is 0 Å². The third-order valence-corrected chi connectivity index (χ3v) is 2.42. The minimum Gasteiger partial charge on any atom is -0.313 e. The number of aryl methyl sites for hydroxylation is 1. The van der Waals surface area contributed by atoms with Gasteiger partial charge in [0.25, 0.3) is 0 Å². The van der Waals surface area contributed by atoms with Crippen LogP contribution >= 0.6 is 0 Å². The predicted octanol–water partition coefficient (Wildman–Crippen LogP) is 1.13. The largest absolute Gasteiger partial charge is 0.313 e. The highest BCUT2D eigenvalue weighted by molar-refractivity contribution is 5.19. The molecule has 4 heteroatoms. The zero-order chi connectivity index (χ0) is 11.4. The first-order valence-corrected chi connectivity index (χ1v) is 5.19. The van der Waals surface area contributed by atoms with Crippen LogP contribution in [0.15, 0.2) is 6.20 Å². The van der Waals surface area contributed by atoms with Gasteiger partial charge in [0.1, 0.15) is 5.82 Å². The third kappa shape index (κ3) is 3.25. The van der Waals surface area contributed by atoms with E-state index in [1.165, 1.54) is 5.56 Å². The Balaban J connectivity index is 2.88. The summed E-state index contributed by atoms with van der Waals surface area (Å²) in [5.41, 5.74) is 2.23. The van der Waals surface area contributed by atoms with Crippen molar-refractivity contribution in [3.8, 4) is 0 Å². The molecule has 0 spiro atoms. The average molecular weight is 208 g/mol. The fraction of sp³-hybridized carbons (Fsp3) is 0.636. The molecule has 0 saturated heterocycles. The summed E-state index contributed by atoms with van der Waals surface area (Å²) < 4.78 is 0. The molecule has 0 saturated carbocycles. The van der Waals surface area contributed by atoms with E-state index >= 15 is 0 Å². The molecule has 1 rings (SSSR count). The Bertz CT molecular complexity index is 322. The monoisotopic (exact) mass is 208 g/mol. The standard InChI is InChI=1S/C11H20N4/c1-8(12-3)10-6-13-11(7-15(4)5)14-9(10)2/h6,8,12H,7H2,1-5H3. The van der Waals surface area contributed by atoms with Gasteiger partial charge in [-0.1, -0.05) is 0 Å². The molecule has 0 aliphatic rings. The number of nitrogens with one attached hydrogen (secondary N) is 1. The summed E-state index contributed by atoms with van der Waals surface area (Å²) in [4.78, 5) is 10.9. The normalized spacial score (nSPS) is 13.2. The average Bonchev–Trinajstić information content (AvgIpc) is 2.16. The summed E-state index contributed by atoms with van der Waals surface area (Å²) in [7, 11) is 5.98. The number of hydrogen-bond acceptors (Lipinski definition) is 4. The van der Waals surface area contributed by atoms with Gasteiger partial charge in [0, 0.05) is 23.5 Å². The predicted molar refractivity (Wildman–Crippen MR) is 61.6 cm³/mol. The SMILES string of the molecule is CNC(C)c1cnc(CN(C)C)nc1C. The highest BCUT2D eigenvalue weighted by atomic mass is 15.1. The third-order valence-electron chi connectivity index (χ3n) is 2.42. The van der Waals surface area contributed by atoms with Gasteiger partial charge in [-0.15, -0.1) is 0 Å². The van der Waals surface area contributed by atoms with Crippen LogP contribution in [0.3, 0.4) is 0 Å². The Morgan fingerprint density at radius 2 is 2.13 bits per heavy atom. The van der Waals surface area contributed by atoms with Gasteiger partial charge in [-0.3, -0.25) is 0 Å². The maximum atomic E-state index is 4.49. The first kappa shape index (κ1) is 12.1. The van der Waals surface area contributed by atoms with Crippen molar-refractivity contribution in [2.45, 2.75) is 26.4 Å². The van der Waals surface area contributed by atoms with Crippen LogP contribution in [0.5, 0.6) is 0 Å². The maximum absolute atomic E-state index is 4.49. The van der Waals surface area contributed by atoms with E-state index in [2.05, 4.69) is 27.1 Å². The maximum Gasteiger partial charge on any atom is 0.142 e. The molecule has 4 nitrogen and oxygen atoms in total. The molecule has 15 heavy (non-hydrogen) atoms. The molecular weight excluding hydrogens is 188 g/mol. The summed E-state index contributed by atoms with van der Waals surface area (Å²) in [6, 6.07) is 0.304. The summed E-state index contributed by atoms with van der Waals surface area (Å²) in [6.07, 6.45) is 1.92. The van der Waals surface area contributed by atoms with E-state index in [0.717, 1.165) is 18.1 Å². The van der Waals surface area contributed by atoms with E-state index in [-0.39, 0.29) is 0 Å². The van der Waals surface area contributed by atoms with Crippen molar-refractivity contribution in [1.29, 1.82) is 0 Å². The lowest BCUT2D eigenvalue weighted by Gasteiger charge is -2.14. The molecule has 0 aromatic carbocycles. The van der Waals surface area contributed by atoms with Gasteiger partial charge >= 0.3 is 0 Å². The molecule has 1 atom stereocenters. The van der Waals surface area contributed by atoms with Crippen LogP contribution in [0.25, 0.3) is 0 Å². The Hall–Kier alpha value is -1.00. The summed E-state index contributed by atoms with van der Waals surface area (Å²) >= 11 is 0.